The number of nitrogens with zero attached hydrogens (tertiary/aromatic N) is 3. The summed E-state index contributed by atoms with van der Waals surface area (Å²) in [5, 5.41) is 0. The quantitative estimate of drug-likeness (QED) is 0.765. The van der Waals surface area contributed by atoms with Gasteiger partial charge in [0.25, 0.3) is 5.91 Å². The number of piperazine rings is 1. The van der Waals surface area contributed by atoms with Gasteiger partial charge in [0.1, 0.15) is 5.75 Å². The molecule has 1 aliphatic rings. The monoisotopic (exact) mass is 405 g/mol. The summed E-state index contributed by atoms with van der Waals surface area (Å²) in [6, 6.07) is 8.28. The van der Waals surface area contributed by atoms with Crippen molar-refractivity contribution in [2.45, 2.75) is 32.2 Å². The molecule has 0 unspecified atom stereocenters. The van der Waals surface area contributed by atoms with Gasteiger partial charge >= 0.3 is 0 Å². The Morgan fingerprint density at radius 1 is 1.07 bits per heavy atom. The van der Waals surface area contributed by atoms with Crippen LogP contribution in [0.5, 0.6) is 5.75 Å². The lowest BCUT2D eigenvalue weighted by atomic mass is 10.2. The van der Waals surface area contributed by atoms with Gasteiger partial charge in [-0.3, -0.25) is 4.79 Å². The third-order valence-corrected chi connectivity index (χ3v) is 7.26. The van der Waals surface area contributed by atoms with E-state index in [0.29, 0.717) is 24.4 Å². The van der Waals surface area contributed by atoms with Crippen LogP contribution < -0.4 is 4.74 Å². The Morgan fingerprint density at radius 3 is 2.18 bits per heavy atom. The highest BCUT2D eigenvalue weighted by Gasteiger charge is 2.31. The van der Waals surface area contributed by atoms with E-state index in [1.807, 2.05) is 19.9 Å². The first-order valence-electron chi connectivity index (χ1n) is 9.39. The van der Waals surface area contributed by atoms with Crippen LogP contribution in [0.25, 0.3) is 0 Å². The molecule has 1 saturated heterocycles. The largest absolute Gasteiger partial charge is 0.497 e. The molecule has 1 aromatic heterocycles. The number of benzene rings is 1. The van der Waals surface area contributed by atoms with Crippen LogP contribution in [0.2, 0.25) is 0 Å². The molecule has 0 spiro atoms. The van der Waals surface area contributed by atoms with Crippen LogP contribution in [-0.4, -0.2) is 61.4 Å². The minimum absolute atomic E-state index is 0.0331. The highest BCUT2D eigenvalue weighted by atomic mass is 32.2. The first kappa shape index (κ1) is 20.4. The summed E-state index contributed by atoms with van der Waals surface area (Å²) in [5.41, 5.74) is 2.72. The Bertz CT molecular complexity index is 956. The van der Waals surface area contributed by atoms with Crippen LogP contribution in [0.1, 0.15) is 28.7 Å². The summed E-state index contributed by atoms with van der Waals surface area (Å²) in [7, 11) is -2.04. The number of carbonyl (C=O) groups is 1. The maximum atomic E-state index is 12.9. The average molecular weight is 406 g/mol. The molecule has 0 bridgehead atoms. The van der Waals surface area contributed by atoms with Crippen LogP contribution in [0.15, 0.2) is 35.2 Å². The minimum atomic E-state index is -3.58. The molecule has 1 aliphatic heterocycles. The third-order valence-electron chi connectivity index (χ3n) is 5.34. The van der Waals surface area contributed by atoms with Crippen molar-refractivity contribution in [1.29, 1.82) is 0 Å². The predicted molar refractivity (Wildman–Crippen MR) is 107 cm³/mol. The Balaban J connectivity index is 1.70. The van der Waals surface area contributed by atoms with Crippen molar-refractivity contribution >= 4 is 15.9 Å². The van der Waals surface area contributed by atoms with E-state index in [1.54, 1.807) is 29.2 Å². The van der Waals surface area contributed by atoms with Crippen molar-refractivity contribution < 1.29 is 17.9 Å². The minimum Gasteiger partial charge on any atom is -0.497 e. The molecular formula is C20H27N3O4S. The van der Waals surface area contributed by atoms with E-state index in [1.165, 1.54) is 11.4 Å². The summed E-state index contributed by atoms with van der Waals surface area (Å²) < 4.78 is 34.3. The molecule has 1 aromatic carbocycles. The number of aromatic nitrogens is 1. The van der Waals surface area contributed by atoms with Crippen LogP contribution >= 0.6 is 0 Å². The second-order valence-electron chi connectivity index (χ2n) is 6.90. The summed E-state index contributed by atoms with van der Waals surface area (Å²) in [4.78, 5) is 14.9. The van der Waals surface area contributed by atoms with E-state index in [4.69, 9.17) is 4.74 Å². The second-order valence-corrected chi connectivity index (χ2v) is 8.84. The average Bonchev–Trinajstić information content (AvgIpc) is 3.00. The normalized spacial score (nSPS) is 15.6. The second kappa shape index (κ2) is 7.97. The van der Waals surface area contributed by atoms with Crippen molar-refractivity contribution in [3.8, 4) is 5.75 Å². The van der Waals surface area contributed by atoms with Gasteiger partial charge in [0, 0.05) is 44.1 Å². The van der Waals surface area contributed by atoms with Gasteiger partial charge in [0.2, 0.25) is 10.0 Å². The molecule has 7 nitrogen and oxygen atoms in total. The fraction of sp³-hybridized carbons (Fsp3) is 0.450. The lowest BCUT2D eigenvalue weighted by Crippen LogP contribution is -2.50. The van der Waals surface area contributed by atoms with Crippen molar-refractivity contribution in [2.24, 2.45) is 0 Å². The Labute approximate surface area is 166 Å². The summed E-state index contributed by atoms with van der Waals surface area (Å²) in [5.74, 6) is 0.577. The molecule has 8 heteroatoms. The summed E-state index contributed by atoms with van der Waals surface area (Å²) in [6.07, 6.45) is 0. The SMILES string of the molecule is CCn1c(C)cc(C(=O)N2CCN(S(=O)(=O)c3ccc(OC)cc3)CC2)c1C. The van der Waals surface area contributed by atoms with E-state index in [2.05, 4.69) is 11.5 Å². The molecule has 0 atom stereocenters. The van der Waals surface area contributed by atoms with Crippen molar-refractivity contribution in [2.75, 3.05) is 33.3 Å². The molecule has 0 aliphatic carbocycles. The predicted octanol–water partition coefficient (Wildman–Crippen LogP) is 2.28. The third kappa shape index (κ3) is 3.66. The molecule has 0 saturated carbocycles. The van der Waals surface area contributed by atoms with Gasteiger partial charge in [-0.15, -0.1) is 0 Å². The maximum absolute atomic E-state index is 12.9. The fourth-order valence-electron chi connectivity index (χ4n) is 3.70. The van der Waals surface area contributed by atoms with Crippen molar-refractivity contribution in [1.82, 2.24) is 13.8 Å². The summed E-state index contributed by atoms with van der Waals surface area (Å²) >= 11 is 0. The van der Waals surface area contributed by atoms with E-state index in [-0.39, 0.29) is 23.9 Å². The zero-order valence-electron chi connectivity index (χ0n) is 16.8. The van der Waals surface area contributed by atoms with E-state index in [0.717, 1.165) is 17.9 Å². The maximum Gasteiger partial charge on any atom is 0.255 e. The first-order chi connectivity index (χ1) is 13.3. The summed E-state index contributed by atoms with van der Waals surface area (Å²) in [6.45, 7) is 8.14. The Morgan fingerprint density at radius 2 is 1.68 bits per heavy atom. The lowest BCUT2D eigenvalue weighted by Gasteiger charge is -2.34. The van der Waals surface area contributed by atoms with E-state index in [9.17, 15) is 13.2 Å². The fourth-order valence-corrected chi connectivity index (χ4v) is 5.13. The van der Waals surface area contributed by atoms with Crippen LogP contribution in [0.3, 0.4) is 0 Å². The van der Waals surface area contributed by atoms with Crippen LogP contribution in [0, 0.1) is 13.8 Å². The van der Waals surface area contributed by atoms with Crippen LogP contribution in [-0.2, 0) is 16.6 Å². The lowest BCUT2D eigenvalue weighted by molar-refractivity contribution is 0.0697. The molecule has 28 heavy (non-hydrogen) atoms. The smallest absolute Gasteiger partial charge is 0.255 e. The Kier molecular flexibility index (Phi) is 5.81. The molecule has 0 N–H and O–H groups in total. The van der Waals surface area contributed by atoms with Gasteiger partial charge < -0.3 is 14.2 Å². The number of amides is 1. The van der Waals surface area contributed by atoms with Crippen molar-refractivity contribution in [3.63, 3.8) is 0 Å². The molecule has 2 aromatic rings. The van der Waals surface area contributed by atoms with E-state index >= 15 is 0 Å². The number of carbonyl (C=O) groups excluding carboxylic acids is 1. The molecule has 1 amide bonds. The number of aryl methyl sites for hydroxylation is 1. The van der Waals surface area contributed by atoms with E-state index < -0.39 is 10.0 Å². The number of hydrogen-bond donors (Lipinski definition) is 0. The first-order valence-corrected chi connectivity index (χ1v) is 10.8. The zero-order chi connectivity index (χ0) is 20.5. The molecular weight excluding hydrogens is 378 g/mol. The number of ether oxygens (including phenoxy) is 1. The molecule has 152 valence electrons. The highest BCUT2D eigenvalue weighted by molar-refractivity contribution is 7.89. The number of hydrogen-bond acceptors (Lipinski definition) is 4. The number of rotatable bonds is 5. The van der Waals surface area contributed by atoms with Gasteiger partial charge in [-0.25, -0.2) is 8.42 Å². The van der Waals surface area contributed by atoms with Gasteiger partial charge in [-0.1, -0.05) is 0 Å². The van der Waals surface area contributed by atoms with Crippen molar-refractivity contribution in [3.05, 3.63) is 47.3 Å². The zero-order valence-corrected chi connectivity index (χ0v) is 17.6. The number of sulfonamides is 1. The standard InChI is InChI=1S/C20H27N3O4S/c1-5-23-15(2)14-19(16(23)3)20(24)21-10-12-22(13-11-21)28(25,26)18-8-6-17(27-4)7-9-18/h6-9,14H,5,10-13H2,1-4H3. The van der Waals surface area contributed by atoms with Gasteiger partial charge in [0.15, 0.2) is 0 Å². The highest BCUT2D eigenvalue weighted by Crippen LogP contribution is 2.22. The van der Waals surface area contributed by atoms with Crippen LogP contribution in [0.4, 0.5) is 0 Å². The van der Waals surface area contributed by atoms with Gasteiger partial charge in [0.05, 0.1) is 17.6 Å². The molecule has 2 heterocycles. The van der Waals surface area contributed by atoms with Gasteiger partial charge in [-0.05, 0) is 51.1 Å². The topological polar surface area (TPSA) is 71.9 Å². The Hall–Kier alpha value is -2.32. The molecule has 1 fully saturated rings. The van der Waals surface area contributed by atoms with Gasteiger partial charge in [-0.2, -0.15) is 4.31 Å². The molecule has 0 radical (unpaired) electrons. The number of methoxy groups -OCH3 is 1. The molecule has 3 rings (SSSR count).